The molecule has 6 heteroatoms. The molecule has 0 spiro atoms. The average Bonchev–Trinajstić information content (AvgIpc) is 3.46. The molecule has 4 heterocycles. The second-order valence-corrected chi connectivity index (χ2v) is 8.32. The molecule has 1 aromatic carbocycles. The minimum Gasteiger partial charge on any atom is -0.358 e. The molecule has 6 nitrogen and oxygen atoms in total. The molecule has 1 fully saturated rings. The Morgan fingerprint density at radius 3 is 2.76 bits per heavy atom. The number of likely N-dealkylation sites (tertiary alicyclic amines) is 1. The predicted octanol–water partition coefficient (Wildman–Crippen LogP) is 3.49. The van der Waals surface area contributed by atoms with Gasteiger partial charge in [-0.1, -0.05) is 18.2 Å². The number of aryl methyl sites for hydroxylation is 2. The molecule has 152 valence electrons. The van der Waals surface area contributed by atoms with Crippen LogP contribution in [0.15, 0.2) is 24.3 Å². The topological polar surface area (TPSA) is 57.2 Å². The zero-order valence-corrected chi connectivity index (χ0v) is 17.4. The summed E-state index contributed by atoms with van der Waals surface area (Å²) in [5.41, 5.74) is 6.87. The minimum atomic E-state index is 0.121. The first-order valence-electron chi connectivity index (χ1n) is 10.8. The number of fused-ring (bicyclic) bond motifs is 2. The lowest BCUT2D eigenvalue weighted by Crippen LogP contribution is -2.33. The fourth-order valence-corrected chi connectivity index (χ4v) is 4.95. The quantitative estimate of drug-likeness (QED) is 0.741. The number of aromatic amines is 1. The maximum atomic E-state index is 13.1. The van der Waals surface area contributed by atoms with Crippen molar-refractivity contribution in [1.29, 1.82) is 0 Å². The molecule has 29 heavy (non-hydrogen) atoms. The molecule has 1 saturated heterocycles. The number of nitrogens with zero attached hydrogens (tertiary/aromatic N) is 4. The molecule has 0 unspecified atom stereocenters. The number of aromatic nitrogens is 3. The van der Waals surface area contributed by atoms with Gasteiger partial charge in [-0.25, -0.2) is 0 Å². The molecule has 2 aliphatic rings. The number of nitrogens with one attached hydrogen (secondary N) is 1. The van der Waals surface area contributed by atoms with Gasteiger partial charge in [0.2, 0.25) is 0 Å². The van der Waals surface area contributed by atoms with Crippen LogP contribution in [0.3, 0.4) is 0 Å². The average molecular weight is 392 g/mol. The van der Waals surface area contributed by atoms with Crippen LogP contribution in [0.2, 0.25) is 0 Å². The number of hydrogen-bond acceptors (Lipinski definition) is 3. The van der Waals surface area contributed by atoms with Crippen molar-refractivity contribution in [3.8, 4) is 0 Å². The Kier molecular flexibility index (Phi) is 4.66. The van der Waals surface area contributed by atoms with Crippen LogP contribution in [0.5, 0.6) is 0 Å². The third kappa shape index (κ3) is 3.15. The molecule has 1 amide bonds. The van der Waals surface area contributed by atoms with Crippen LogP contribution in [-0.2, 0) is 26.1 Å². The lowest BCUT2D eigenvalue weighted by molar-refractivity contribution is 0.0783. The number of para-hydroxylation sites is 1. The lowest BCUT2D eigenvalue weighted by Gasteiger charge is -2.28. The summed E-state index contributed by atoms with van der Waals surface area (Å²) in [6.07, 6.45) is 3.16. The van der Waals surface area contributed by atoms with Gasteiger partial charge in [-0.2, -0.15) is 5.10 Å². The van der Waals surface area contributed by atoms with Gasteiger partial charge < -0.3 is 9.88 Å². The summed E-state index contributed by atoms with van der Waals surface area (Å²) >= 11 is 0. The molecule has 3 aromatic rings. The Bertz CT molecular complexity index is 1060. The van der Waals surface area contributed by atoms with E-state index in [1.807, 2.05) is 9.58 Å². The first kappa shape index (κ1) is 18.4. The van der Waals surface area contributed by atoms with Gasteiger partial charge in [-0.15, -0.1) is 0 Å². The van der Waals surface area contributed by atoms with Crippen LogP contribution in [0, 0.1) is 6.92 Å². The Morgan fingerprint density at radius 1 is 1.17 bits per heavy atom. The predicted molar refractivity (Wildman–Crippen MR) is 114 cm³/mol. The summed E-state index contributed by atoms with van der Waals surface area (Å²) in [5.74, 6) is 0.121. The Labute approximate surface area is 171 Å². The van der Waals surface area contributed by atoms with Crippen LogP contribution in [-0.4, -0.2) is 50.1 Å². The van der Waals surface area contributed by atoms with Crippen molar-refractivity contribution >= 4 is 16.8 Å². The van der Waals surface area contributed by atoms with Gasteiger partial charge >= 0.3 is 0 Å². The maximum absolute atomic E-state index is 13.1. The molecule has 0 radical (unpaired) electrons. The molecule has 0 aliphatic carbocycles. The second-order valence-electron chi connectivity index (χ2n) is 8.32. The van der Waals surface area contributed by atoms with E-state index < -0.39 is 0 Å². The van der Waals surface area contributed by atoms with E-state index in [1.165, 1.54) is 27.9 Å². The van der Waals surface area contributed by atoms with Crippen molar-refractivity contribution in [2.24, 2.45) is 0 Å². The highest BCUT2D eigenvalue weighted by molar-refractivity contribution is 5.94. The van der Waals surface area contributed by atoms with Crippen LogP contribution < -0.4 is 0 Å². The van der Waals surface area contributed by atoms with E-state index in [9.17, 15) is 4.79 Å². The van der Waals surface area contributed by atoms with E-state index in [4.69, 9.17) is 5.10 Å². The van der Waals surface area contributed by atoms with Gasteiger partial charge in [0.15, 0.2) is 5.69 Å². The number of H-pyrrole nitrogens is 1. The third-order valence-electron chi connectivity index (χ3n) is 6.52. The Balaban J connectivity index is 1.44. The lowest BCUT2D eigenvalue weighted by atomic mass is 10.0. The first-order chi connectivity index (χ1) is 14.2. The Hall–Kier alpha value is -2.60. The van der Waals surface area contributed by atoms with E-state index in [0.29, 0.717) is 5.69 Å². The summed E-state index contributed by atoms with van der Waals surface area (Å²) in [7, 11) is 0. The van der Waals surface area contributed by atoms with Gasteiger partial charge in [-0.05, 0) is 38.3 Å². The van der Waals surface area contributed by atoms with Crippen LogP contribution in [0.4, 0.5) is 0 Å². The molecule has 5 rings (SSSR count). The smallest absolute Gasteiger partial charge is 0.274 e. The summed E-state index contributed by atoms with van der Waals surface area (Å²) in [6.45, 7) is 9.50. The molecule has 0 saturated carbocycles. The maximum Gasteiger partial charge on any atom is 0.274 e. The highest BCUT2D eigenvalue weighted by atomic mass is 16.2. The molecule has 0 atom stereocenters. The molecule has 2 aliphatic heterocycles. The SMILES string of the molecule is CCn1nc(C(=O)N2CCCC2)c2c1CCN(Cc1c(C)[nH]c3ccccc13)C2. The highest BCUT2D eigenvalue weighted by Gasteiger charge is 2.31. The molecule has 1 N–H and O–H groups in total. The van der Waals surface area contributed by atoms with Crippen LogP contribution in [0.25, 0.3) is 10.9 Å². The van der Waals surface area contributed by atoms with Crippen molar-refractivity contribution in [2.45, 2.75) is 52.7 Å². The molecular formula is C23H29N5O. The van der Waals surface area contributed by atoms with Gasteiger partial charge in [0.25, 0.3) is 5.91 Å². The molecule has 2 aromatic heterocycles. The first-order valence-corrected chi connectivity index (χ1v) is 10.8. The summed E-state index contributed by atoms with van der Waals surface area (Å²) < 4.78 is 2.05. The van der Waals surface area contributed by atoms with E-state index in [1.54, 1.807) is 0 Å². The summed E-state index contributed by atoms with van der Waals surface area (Å²) in [4.78, 5) is 21.1. The van der Waals surface area contributed by atoms with Crippen LogP contribution in [0.1, 0.15) is 52.8 Å². The largest absolute Gasteiger partial charge is 0.358 e. The normalized spacial score (nSPS) is 17.2. The minimum absolute atomic E-state index is 0.121. The number of carbonyl (C=O) groups is 1. The third-order valence-corrected chi connectivity index (χ3v) is 6.52. The summed E-state index contributed by atoms with van der Waals surface area (Å²) in [5, 5.41) is 6.05. The molecular weight excluding hydrogens is 362 g/mol. The van der Waals surface area contributed by atoms with Gasteiger partial charge in [0.05, 0.1) is 0 Å². The number of benzene rings is 1. The fraction of sp³-hybridized carbons (Fsp3) is 0.478. The Morgan fingerprint density at radius 2 is 1.97 bits per heavy atom. The van der Waals surface area contributed by atoms with Crippen molar-refractivity contribution in [3.63, 3.8) is 0 Å². The van der Waals surface area contributed by atoms with Gasteiger partial charge in [0, 0.05) is 73.5 Å². The van der Waals surface area contributed by atoms with E-state index in [-0.39, 0.29) is 5.91 Å². The van der Waals surface area contributed by atoms with E-state index >= 15 is 0 Å². The zero-order chi connectivity index (χ0) is 20.0. The van der Waals surface area contributed by atoms with Gasteiger partial charge in [0.1, 0.15) is 0 Å². The number of amides is 1. The second kappa shape index (κ2) is 7.34. The zero-order valence-electron chi connectivity index (χ0n) is 17.4. The molecule has 0 bridgehead atoms. The highest BCUT2D eigenvalue weighted by Crippen LogP contribution is 2.29. The fourth-order valence-electron chi connectivity index (χ4n) is 4.95. The number of carbonyl (C=O) groups excluding carboxylic acids is 1. The van der Waals surface area contributed by atoms with Gasteiger partial charge in [-0.3, -0.25) is 14.4 Å². The monoisotopic (exact) mass is 391 g/mol. The number of hydrogen-bond donors (Lipinski definition) is 1. The van der Waals surface area contributed by atoms with Crippen molar-refractivity contribution < 1.29 is 4.79 Å². The summed E-state index contributed by atoms with van der Waals surface area (Å²) in [6, 6.07) is 8.51. The number of rotatable bonds is 4. The van der Waals surface area contributed by atoms with E-state index in [0.717, 1.165) is 64.1 Å². The van der Waals surface area contributed by atoms with Crippen molar-refractivity contribution in [3.05, 3.63) is 52.5 Å². The van der Waals surface area contributed by atoms with Crippen molar-refractivity contribution in [1.82, 2.24) is 24.6 Å². The van der Waals surface area contributed by atoms with E-state index in [2.05, 4.69) is 48.0 Å². The van der Waals surface area contributed by atoms with Crippen LogP contribution >= 0.6 is 0 Å². The standard InChI is InChI=1S/C23H29N5O/c1-3-28-21-10-13-26(14-18-16(2)24-20-9-5-4-8-17(18)20)15-19(21)22(25-28)23(29)27-11-6-7-12-27/h4-5,8-9,24H,3,6-7,10-15H2,1-2H3. The van der Waals surface area contributed by atoms with Crippen molar-refractivity contribution in [2.75, 3.05) is 19.6 Å².